The van der Waals surface area contributed by atoms with Gasteiger partial charge in [0.1, 0.15) is 18.3 Å². The van der Waals surface area contributed by atoms with Crippen molar-refractivity contribution in [1.29, 1.82) is 0 Å². The summed E-state index contributed by atoms with van der Waals surface area (Å²) in [4.78, 5) is 28.7. The van der Waals surface area contributed by atoms with Crippen LogP contribution >= 0.6 is 15.9 Å². The molecule has 1 atom stereocenters. The number of rotatable bonds is 7. The van der Waals surface area contributed by atoms with Gasteiger partial charge in [-0.2, -0.15) is 4.72 Å². The van der Waals surface area contributed by atoms with E-state index in [-0.39, 0.29) is 22.8 Å². The van der Waals surface area contributed by atoms with E-state index >= 15 is 0 Å². The molecule has 2 heterocycles. The number of hydrogen-bond acceptors (Lipinski definition) is 7. The Hall–Kier alpha value is -2.60. The number of esters is 1. The van der Waals surface area contributed by atoms with E-state index in [4.69, 9.17) is 4.74 Å². The van der Waals surface area contributed by atoms with Crippen LogP contribution in [0.5, 0.6) is 0 Å². The molecule has 0 bridgehead atoms. The van der Waals surface area contributed by atoms with Gasteiger partial charge in [0.2, 0.25) is 10.0 Å². The van der Waals surface area contributed by atoms with Crippen molar-refractivity contribution < 1.29 is 23.1 Å². The molecule has 0 amide bonds. The predicted molar refractivity (Wildman–Crippen MR) is 111 cm³/mol. The molecule has 1 aromatic carbocycles. The van der Waals surface area contributed by atoms with Crippen molar-refractivity contribution in [3.63, 3.8) is 0 Å². The van der Waals surface area contributed by atoms with Gasteiger partial charge >= 0.3 is 5.97 Å². The number of benzene rings is 1. The van der Waals surface area contributed by atoms with Crippen LogP contribution in [0.25, 0.3) is 5.65 Å². The monoisotopic (exact) mass is 495 g/mol. The lowest BCUT2D eigenvalue weighted by molar-refractivity contribution is -0.148. The summed E-state index contributed by atoms with van der Waals surface area (Å²) < 4.78 is 34.1. The van der Waals surface area contributed by atoms with Crippen LogP contribution < -0.4 is 10.3 Å². The van der Waals surface area contributed by atoms with Crippen LogP contribution in [0, 0.1) is 6.92 Å². The standard InChI is InChI=1S/C19H18BrN3O6S/c1-12-3-2-4-17-21-14(9-18(25)23(12)17)11-29-19(26)16(10-24)22-30(27,28)15-7-5-13(20)6-8-15/h2-9,16,22,24H,10-11H2,1H3. The number of carbonyl (C=O) groups excluding carboxylic acids is 1. The Morgan fingerprint density at radius 3 is 2.63 bits per heavy atom. The molecule has 0 saturated carbocycles. The fraction of sp³-hybridized carbons (Fsp3) is 0.211. The van der Waals surface area contributed by atoms with Gasteiger partial charge in [0.15, 0.2) is 0 Å². The van der Waals surface area contributed by atoms with Crippen molar-refractivity contribution in [3.8, 4) is 0 Å². The molecule has 3 rings (SSSR count). The molecule has 9 nitrogen and oxygen atoms in total. The Bertz CT molecular complexity index is 1240. The predicted octanol–water partition coefficient (Wildman–Crippen LogP) is 1.15. The number of aliphatic hydroxyl groups excluding tert-OH is 1. The number of aryl methyl sites for hydroxylation is 1. The van der Waals surface area contributed by atoms with Gasteiger partial charge < -0.3 is 9.84 Å². The minimum Gasteiger partial charge on any atom is -0.458 e. The second-order valence-electron chi connectivity index (χ2n) is 6.36. The van der Waals surface area contributed by atoms with Gasteiger partial charge in [-0.25, -0.2) is 13.4 Å². The van der Waals surface area contributed by atoms with Crippen LogP contribution in [0.15, 0.2) is 62.7 Å². The second kappa shape index (κ2) is 9.04. The first-order valence-electron chi connectivity index (χ1n) is 8.75. The van der Waals surface area contributed by atoms with E-state index < -0.39 is 28.6 Å². The molecule has 0 aliphatic carbocycles. The lowest BCUT2D eigenvalue weighted by Gasteiger charge is -2.16. The quantitative estimate of drug-likeness (QED) is 0.470. The van der Waals surface area contributed by atoms with Gasteiger partial charge in [0, 0.05) is 16.2 Å². The average molecular weight is 496 g/mol. The molecule has 0 radical (unpaired) electrons. The number of aromatic nitrogens is 2. The zero-order valence-corrected chi connectivity index (χ0v) is 18.2. The Labute approximate surface area is 180 Å². The molecular weight excluding hydrogens is 478 g/mol. The summed E-state index contributed by atoms with van der Waals surface area (Å²) in [5, 5.41) is 9.46. The Balaban J connectivity index is 1.72. The van der Waals surface area contributed by atoms with Crippen molar-refractivity contribution in [3.05, 3.63) is 74.7 Å². The number of pyridine rings is 1. The van der Waals surface area contributed by atoms with Crippen LogP contribution in [-0.2, 0) is 26.2 Å². The number of fused-ring (bicyclic) bond motifs is 1. The van der Waals surface area contributed by atoms with E-state index in [1.807, 2.05) is 0 Å². The molecule has 2 aromatic heterocycles. The van der Waals surface area contributed by atoms with Crippen molar-refractivity contribution >= 4 is 37.6 Å². The largest absolute Gasteiger partial charge is 0.458 e. The summed E-state index contributed by atoms with van der Waals surface area (Å²) in [6.45, 7) is 0.607. The first-order chi connectivity index (χ1) is 14.2. The first kappa shape index (κ1) is 22.1. The summed E-state index contributed by atoms with van der Waals surface area (Å²) in [5.41, 5.74) is 0.963. The van der Waals surface area contributed by atoms with Crippen molar-refractivity contribution in [2.24, 2.45) is 0 Å². The van der Waals surface area contributed by atoms with Gasteiger partial charge in [0.05, 0.1) is 17.2 Å². The third-order valence-corrected chi connectivity index (χ3v) is 6.20. The summed E-state index contributed by atoms with van der Waals surface area (Å²) >= 11 is 3.21. The highest BCUT2D eigenvalue weighted by Crippen LogP contribution is 2.15. The van der Waals surface area contributed by atoms with Crippen molar-refractivity contribution in [1.82, 2.24) is 14.1 Å². The molecule has 30 heavy (non-hydrogen) atoms. The fourth-order valence-corrected chi connectivity index (χ4v) is 4.15. The molecule has 1 unspecified atom stereocenters. The van der Waals surface area contributed by atoms with E-state index in [0.717, 1.165) is 0 Å². The molecule has 2 N–H and O–H groups in total. The Morgan fingerprint density at radius 1 is 1.27 bits per heavy atom. The maximum atomic E-state index is 12.4. The van der Waals surface area contributed by atoms with Crippen molar-refractivity contribution in [2.75, 3.05) is 6.61 Å². The van der Waals surface area contributed by atoms with Gasteiger partial charge in [-0.3, -0.25) is 14.0 Å². The number of ether oxygens (including phenoxy) is 1. The SMILES string of the molecule is Cc1cccc2nc(COC(=O)C(CO)NS(=O)(=O)c3ccc(Br)cc3)cc(=O)n12. The van der Waals surface area contributed by atoms with E-state index in [2.05, 4.69) is 25.6 Å². The van der Waals surface area contributed by atoms with E-state index in [0.29, 0.717) is 15.8 Å². The normalized spacial score (nSPS) is 12.6. The summed E-state index contributed by atoms with van der Waals surface area (Å²) in [6.07, 6.45) is 0. The number of carbonyl (C=O) groups is 1. The minimum absolute atomic E-state index is 0.0727. The summed E-state index contributed by atoms with van der Waals surface area (Å²) in [5.74, 6) is -0.996. The molecule has 0 aliphatic heterocycles. The van der Waals surface area contributed by atoms with Crippen LogP contribution in [0.3, 0.4) is 0 Å². The van der Waals surface area contributed by atoms with Crippen LogP contribution in [0.1, 0.15) is 11.4 Å². The number of sulfonamides is 1. The number of nitrogens with one attached hydrogen (secondary N) is 1. The van der Waals surface area contributed by atoms with E-state index in [9.17, 15) is 23.1 Å². The minimum atomic E-state index is -4.06. The van der Waals surface area contributed by atoms with E-state index in [1.54, 1.807) is 25.1 Å². The van der Waals surface area contributed by atoms with Crippen molar-refractivity contribution in [2.45, 2.75) is 24.5 Å². The van der Waals surface area contributed by atoms with Gasteiger partial charge in [-0.1, -0.05) is 22.0 Å². The lowest BCUT2D eigenvalue weighted by Crippen LogP contribution is -2.44. The third kappa shape index (κ3) is 4.93. The van der Waals surface area contributed by atoms with Gasteiger partial charge in [0.25, 0.3) is 5.56 Å². The Morgan fingerprint density at radius 2 is 1.97 bits per heavy atom. The highest BCUT2D eigenvalue weighted by molar-refractivity contribution is 9.10. The molecule has 158 valence electrons. The molecule has 0 aliphatic rings. The number of nitrogens with zero attached hydrogens (tertiary/aromatic N) is 2. The van der Waals surface area contributed by atoms with E-state index in [1.165, 1.54) is 34.7 Å². The summed E-state index contributed by atoms with van der Waals surface area (Å²) in [6, 6.07) is 10.6. The maximum Gasteiger partial charge on any atom is 0.326 e. The van der Waals surface area contributed by atoms with Gasteiger partial charge in [-0.15, -0.1) is 0 Å². The topological polar surface area (TPSA) is 127 Å². The maximum absolute atomic E-state index is 12.4. The highest BCUT2D eigenvalue weighted by Gasteiger charge is 2.26. The Kier molecular flexibility index (Phi) is 6.66. The third-order valence-electron chi connectivity index (χ3n) is 4.18. The second-order valence-corrected chi connectivity index (χ2v) is 8.99. The molecule has 0 fully saturated rings. The fourth-order valence-electron chi connectivity index (χ4n) is 2.71. The molecular formula is C19H18BrN3O6S. The van der Waals surface area contributed by atoms with Gasteiger partial charge in [-0.05, 0) is 43.3 Å². The molecule has 0 spiro atoms. The van der Waals surface area contributed by atoms with Crippen LogP contribution in [0.2, 0.25) is 0 Å². The summed E-state index contributed by atoms with van der Waals surface area (Å²) in [7, 11) is -4.06. The highest BCUT2D eigenvalue weighted by atomic mass is 79.9. The molecule has 11 heteroatoms. The molecule has 3 aromatic rings. The number of aliphatic hydroxyl groups is 1. The smallest absolute Gasteiger partial charge is 0.326 e. The zero-order chi connectivity index (χ0) is 21.9. The zero-order valence-electron chi connectivity index (χ0n) is 15.8. The first-order valence-corrected chi connectivity index (χ1v) is 11.0. The van der Waals surface area contributed by atoms with Crippen LogP contribution in [0.4, 0.5) is 0 Å². The molecule has 0 saturated heterocycles. The number of hydrogen-bond donors (Lipinski definition) is 2. The number of halogens is 1. The average Bonchev–Trinajstić information content (AvgIpc) is 2.70. The lowest BCUT2D eigenvalue weighted by atomic mass is 10.3. The van der Waals surface area contributed by atoms with Crippen LogP contribution in [-0.4, -0.2) is 41.5 Å².